The first kappa shape index (κ1) is 13.8. The molecule has 0 aromatic carbocycles. The van der Waals surface area contributed by atoms with Gasteiger partial charge in [0.1, 0.15) is 5.41 Å². The number of oxime groups is 1. The molecule has 1 aliphatic rings. The van der Waals surface area contributed by atoms with Gasteiger partial charge in [0.25, 0.3) is 0 Å². The first-order valence-corrected chi connectivity index (χ1v) is 6.24. The van der Waals surface area contributed by atoms with Gasteiger partial charge in [-0.2, -0.15) is 0 Å². The van der Waals surface area contributed by atoms with Crippen molar-refractivity contribution in [1.82, 2.24) is 5.32 Å². The molecule has 0 radical (unpaired) electrons. The van der Waals surface area contributed by atoms with Gasteiger partial charge in [-0.3, -0.25) is 4.79 Å². The van der Waals surface area contributed by atoms with E-state index in [1.165, 1.54) is 25.7 Å². The van der Waals surface area contributed by atoms with Crippen LogP contribution in [-0.4, -0.2) is 23.5 Å². The second kappa shape index (κ2) is 5.89. The summed E-state index contributed by atoms with van der Waals surface area (Å²) in [5, 5.41) is 14.4. The monoisotopic (exact) mass is 241 g/mol. The van der Waals surface area contributed by atoms with Gasteiger partial charge < -0.3 is 16.3 Å². The second-order valence-corrected chi connectivity index (χ2v) is 5.31. The van der Waals surface area contributed by atoms with Crippen molar-refractivity contribution in [3.63, 3.8) is 0 Å². The lowest BCUT2D eigenvalue weighted by Gasteiger charge is -2.22. The Hall–Kier alpha value is -1.26. The number of amidine groups is 1. The fraction of sp³-hybridized carbons (Fsp3) is 0.833. The van der Waals surface area contributed by atoms with E-state index in [0.717, 1.165) is 12.3 Å². The van der Waals surface area contributed by atoms with E-state index < -0.39 is 5.41 Å². The highest BCUT2D eigenvalue weighted by Gasteiger charge is 2.32. The van der Waals surface area contributed by atoms with Crippen LogP contribution in [-0.2, 0) is 4.79 Å². The fourth-order valence-corrected chi connectivity index (χ4v) is 2.15. The highest BCUT2D eigenvalue weighted by molar-refractivity contribution is 6.05. The van der Waals surface area contributed by atoms with Crippen LogP contribution < -0.4 is 11.1 Å². The third-order valence-electron chi connectivity index (χ3n) is 3.63. The summed E-state index contributed by atoms with van der Waals surface area (Å²) in [6.45, 7) is 3.96. The molecule has 4 N–H and O–H groups in total. The molecule has 0 atom stereocenters. The Kier molecular flexibility index (Phi) is 4.78. The van der Waals surface area contributed by atoms with E-state index in [-0.39, 0.29) is 11.7 Å². The van der Waals surface area contributed by atoms with Crippen molar-refractivity contribution in [2.24, 2.45) is 22.2 Å². The second-order valence-electron chi connectivity index (χ2n) is 5.31. The van der Waals surface area contributed by atoms with Gasteiger partial charge in [-0.05, 0) is 26.2 Å². The summed E-state index contributed by atoms with van der Waals surface area (Å²) in [7, 11) is 0. The highest BCUT2D eigenvalue weighted by atomic mass is 16.4. The SMILES string of the molecule is CC(C)(C(=O)NCCC1CCCC1)C(N)=NO. The zero-order valence-corrected chi connectivity index (χ0v) is 10.7. The van der Waals surface area contributed by atoms with E-state index in [9.17, 15) is 4.79 Å². The van der Waals surface area contributed by atoms with Gasteiger partial charge in [-0.1, -0.05) is 30.8 Å². The maximum atomic E-state index is 11.9. The molecule has 0 aromatic rings. The van der Waals surface area contributed by atoms with Crippen molar-refractivity contribution in [3.8, 4) is 0 Å². The maximum Gasteiger partial charge on any atom is 0.233 e. The Morgan fingerprint density at radius 3 is 2.59 bits per heavy atom. The van der Waals surface area contributed by atoms with E-state index in [1.54, 1.807) is 13.8 Å². The van der Waals surface area contributed by atoms with Crippen LogP contribution in [0.15, 0.2) is 5.16 Å². The molecule has 5 nitrogen and oxygen atoms in total. The molecule has 5 heteroatoms. The summed E-state index contributed by atoms with van der Waals surface area (Å²) in [5.74, 6) is 0.504. The number of hydrogen-bond acceptors (Lipinski definition) is 3. The summed E-state index contributed by atoms with van der Waals surface area (Å²) in [5.41, 5.74) is 4.53. The molecule has 0 aliphatic heterocycles. The molecule has 1 saturated carbocycles. The van der Waals surface area contributed by atoms with E-state index in [4.69, 9.17) is 10.9 Å². The number of rotatable bonds is 5. The zero-order valence-electron chi connectivity index (χ0n) is 10.7. The van der Waals surface area contributed by atoms with Crippen LogP contribution in [0, 0.1) is 11.3 Å². The number of hydrogen-bond donors (Lipinski definition) is 3. The molecule has 1 aliphatic carbocycles. The van der Waals surface area contributed by atoms with Crippen molar-refractivity contribution in [1.29, 1.82) is 0 Å². The Morgan fingerprint density at radius 2 is 2.06 bits per heavy atom. The molecule has 0 spiro atoms. The van der Waals surface area contributed by atoms with Gasteiger partial charge in [0.2, 0.25) is 5.91 Å². The van der Waals surface area contributed by atoms with Crippen LogP contribution >= 0.6 is 0 Å². The molecule has 98 valence electrons. The first-order valence-electron chi connectivity index (χ1n) is 6.24. The van der Waals surface area contributed by atoms with Crippen molar-refractivity contribution < 1.29 is 10.0 Å². The third kappa shape index (κ3) is 3.61. The van der Waals surface area contributed by atoms with E-state index in [1.807, 2.05) is 0 Å². The molecule has 1 fully saturated rings. The summed E-state index contributed by atoms with van der Waals surface area (Å²) in [4.78, 5) is 11.9. The Bertz CT molecular complexity index is 294. The van der Waals surface area contributed by atoms with Gasteiger partial charge >= 0.3 is 0 Å². The van der Waals surface area contributed by atoms with Crippen molar-refractivity contribution >= 4 is 11.7 Å². The molecule has 0 unspecified atom stereocenters. The van der Waals surface area contributed by atoms with Crippen LogP contribution in [0.3, 0.4) is 0 Å². The molecular weight excluding hydrogens is 218 g/mol. The van der Waals surface area contributed by atoms with Gasteiger partial charge in [0.15, 0.2) is 5.84 Å². The van der Waals surface area contributed by atoms with Crippen LogP contribution in [0.5, 0.6) is 0 Å². The minimum Gasteiger partial charge on any atom is -0.409 e. The Morgan fingerprint density at radius 1 is 1.47 bits per heavy atom. The largest absolute Gasteiger partial charge is 0.409 e. The predicted molar refractivity (Wildman–Crippen MR) is 66.8 cm³/mol. The van der Waals surface area contributed by atoms with Crippen LogP contribution in [0.2, 0.25) is 0 Å². The van der Waals surface area contributed by atoms with Crippen LogP contribution in [0.25, 0.3) is 0 Å². The normalized spacial score (nSPS) is 18.4. The summed E-state index contributed by atoms with van der Waals surface area (Å²) < 4.78 is 0. The Labute approximate surface area is 102 Å². The van der Waals surface area contributed by atoms with Crippen LogP contribution in [0.4, 0.5) is 0 Å². The van der Waals surface area contributed by atoms with Crippen molar-refractivity contribution in [2.45, 2.75) is 46.0 Å². The third-order valence-corrected chi connectivity index (χ3v) is 3.63. The molecular formula is C12H23N3O2. The molecule has 0 aromatic heterocycles. The smallest absolute Gasteiger partial charge is 0.233 e. The van der Waals surface area contributed by atoms with E-state index in [2.05, 4.69) is 10.5 Å². The molecule has 1 rings (SSSR count). The van der Waals surface area contributed by atoms with Crippen molar-refractivity contribution in [2.75, 3.05) is 6.54 Å². The molecule has 0 heterocycles. The zero-order chi connectivity index (χ0) is 12.9. The summed E-state index contributed by atoms with van der Waals surface area (Å²) in [6.07, 6.45) is 6.21. The minimum atomic E-state index is -0.954. The average molecular weight is 241 g/mol. The van der Waals surface area contributed by atoms with Gasteiger partial charge in [0.05, 0.1) is 0 Å². The lowest BCUT2D eigenvalue weighted by atomic mass is 9.91. The number of nitrogens with zero attached hydrogens (tertiary/aromatic N) is 1. The van der Waals surface area contributed by atoms with Gasteiger partial charge in [-0.25, -0.2) is 0 Å². The molecule has 0 saturated heterocycles. The van der Waals surface area contributed by atoms with Crippen molar-refractivity contribution in [3.05, 3.63) is 0 Å². The number of carbonyl (C=O) groups excluding carboxylic acids is 1. The lowest BCUT2D eigenvalue weighted by Crippen LogP contribution is -2.46. The number of amides is 1. The van der Waals surface area contributed by atoms with Gasteiger partial charge in [0, 0.05) is 6.54 Å². The lowest BCUT2D eigenvalue weighted by molar-refractivity contribution is -0.126. The number of carbonyl (C=O) groups is 1. The van der Waals surface area contributed by atoms with E-state index >= 15 is 0 Å². The quantitative estimate of drug-likeness (QED) is 0.295. The molecule has 17 heavy (non-hydrogen) atoms. The average Bonchev–Trinajstić information content (AvgIpc) is 2.80. The van der Waals surface area contributed by atoms with E-state index in [0.29, 0.717) is 6.54 Å². The predicted octanol–water partition coefficient (Wildman–Crippen LogP) is 1.46. The number of nitrogens with two attached hydrogens (primary N) is 1. The highest BCUT2D eigenvalue weighted by Crippen LogP contribution is 2.27. The maximum absolute atomic E-state index is 11.9. The first-order chi connectivity index (χ1) is 7.98. The molecule has 0 bridgehead atoms. The number of nitrogens with one attached hydrogen (secondary N) is 1. The summed E-state index contributed by atoms with van der Waals surface area (Å²) >= 11 is 0. The topological polar surface area (TPSA) is 87.7 Å². The minimum absolute atomic E-state index is 0.0594. The Balaban J connectivity index is 2.33. The van der Waals surface area contributed by atoms with Gasteiger partial charge in [-0.15, -0.1) is 0 Å². The molecule has 1 amide bonds. The van der Waals surface area contributed by atoms with Crippen LogP contribution in [0.1, 0.15) is 46.0 Å². The standard InChI is InChI=1S/C12H23N3O2/c1-12(2,10(13)15-17)11(16)14-8-7-9-5-3-4-6-9/h9,17H,3-8H2,1-2H3,(H2,13,15)(H,14,16). The fourth-order valence-electron chi connectivity index (χ4n) is 2.15. The summed E-state index contributed by atoms with van der Waals surface area (Å²) in [6, 6.07) is 0.